The maximum atomic E-state index is 12.0. The molecule has 0 fully saturated rings. The van der Waals surface area contributed by atoms with Crippen LogP contribution in [0.1, 0.15) is 28.4 Å². The Morgan fingerprint density at radius 1 is 1.16 bits per heavy atom. The van der Waals surface area contributed by atoms with Crippen molar-refractivity contribution in [3.63, 3.8) is 0 Å². The minimum Gasteiger partial charge on any atom is -0.508 e. The maximum absolute atomic E-state index is 12.0. The number of phenols is 1. The molecule has 0 spiro atoms. The number of aryl methyl sites for hydroxylation is 1. The van der Waals surface area contributed by atoms with Crippen molar-refractivity contribution >= 4 is 5.97 Å². The van der Waals surface area contributed by atoms with Crippen LogP contribution in [0.15, 0.2) is 48.5 Å². The van der Waals surface area contributed by atoms with Crippen LogP contribution in [0.5, 0.6) is 5.75 Å². The first-order valence-corrected chi connectivity index (χ1v) is 6.23. The number of hydrogen-bond acceptors (Lipinski definition) is 3. The zero-order chi connectivity index (χ0) is 13.7. The van der Waals surface area contributed by atoms with Crippen LogP contribution in [-0.2, 0) is 17.8 Å². The lowest BCUT2D eigenvalue weighted by Gasteiger charge is -2.09. The Morgan fingerprint density at radius 3 is 2.58 bits per heavy atom. The molecule has 98 valence electrons. The van der Waals surface area contributed by atoms with Gasteiger partial charge in [-0.25, -0.2) is 4.79 Å². The molecule has 0 aliphatic heterocycles. The normalized spacial score (nSPS) is 10.2. The van der Waals surface area contributed by atoms with Crippen molar-refractivity contribution in [2.45, 2.75) is 20.0 Å². The molecule has 3 nitrogen and oxygen atoms in total. The van der Waals surface area contributed by atoms with Gasteiger partial charge in [0.05, 0.1) is 5.56 Å². The lowest BCUT2D eigenvalue weighted by Crippen LogP contribution is -2.08. The fourth-order valence-corrected chi connectivity index (χ4v) is 1.86. The molecule has 2 aromatic rings. The summed E-state index contributed by atoms with van der Waals surface area (Å²) in [7, 11) is 0. The largest absolute Gasteiger partial charge is 0.508 e. The van der Waals surface area contributed by atoms with Gasteiger partial charge < -0.3 is 9.84 Å². The van der Waals surface area contributed by atoms with Gasteiger partial charge in [0.25, 0.3) is 0 Å². The van der Waals surface area contributed by atoms with Gasteiger partial charge in [0.2, 0.25) is 0 Å². The molecule has 0 aliphatic rings. The molecule has 3 heteroatoms. The lowest BCUT2D eigenvalue weighted by molar-refractivity contribution is 0.0471. The number of esters is 1. The van der Waals surface area contributed by atoms with Crippen LogP contribution in [-0.4, -0.2) is 11.1 Å². The van der Waals surface area contributed by atoms with Crippen LogP contribution in [0, 0.1) is 0 Å². The average Bonchev–Trinajstić information content (AvgIpc) is 2.46. The second-order valence-corrected chi connectivity index (χ2v) is 4.26. The van der Waals surface area contributed by atoms with E-state index in [4.69, 9.17) is 4.74 Å². The van der Waals surface area contributed by atoms with Crippen LogP contribution in [0.3, 0.4) is 0 Å². The van der Waals surface area contributed by atoms with Crippen molar-refractivity contribution in [2.75, 3.05) is 0 Å². The van der Waals surface area contributed by atoms with E-state index in [0.29, 0.717) is 5.56 Å². The van der Waals surface area contributed by atoms with Gasteiger partial charge in [-0.3, -0.25) is 0 Å². The Morgan fingerprint density at radius 2 is 1.89 bits per heavy atom. The second kappa shape index (κ2) is 6.05. The second-order valence-electron chi connectivity index (χ2n) is 4.26. The Bertz CT molecular complexity index is 561. The van der Waals surface area contributed by atoms with E-state index in [-0.39, 0.29) is 12.4 Å². The molecule has 0 saturated carbocycles. The number of benzene rings is 2. The summed E-state index contributed by atoms with van der Waals surface area (Å²) in [5.41, 5.74) is 2.24. The molecule has 0 aliphatic carbocycles. The van der Waals surface area contributed by atoms with E-state index in [1.807, 2.05) is 37.3 Å². The highest BCUT2D eigenvalue weighted by Gasteiger charge is 2.12. The molecule has 2 rings (SSSR count). The number of ether oxygens (including phenoxy) is 1. The van der Waals surface area contributed by atoms with Crippen LogP contribution < -0.4 is 0 Å². The van der Waals surface area contributed by atoms with Crippen molar-refractivity contribution < 1.29 is 14.6 Å². The zero-order valence-electron chi connectivity index (χ0n) is 10.8. The van der Waals surface area contributed by atoms with Crippen LogP contribution >= 0.6 is 0 Å². The van der Waals surface area contributed by atoms with Crippen molar-refractivity contribution in [1.82, 2.24) is 0 Å². The number of carbonyl (C=O) groups is 1. The first-order valence-electron chi connectivity index (χ1n) is 6.23. The highest BCUT2D eigenvalue weighted by molar-refractivity contribution is 5.91. The van der Waals surface area contributed by atoms with E-state index in [9.17, 15) is 9.90 Å². The summed E-state index contributed by atoms with van der Waals surface area (Å²) in [5.74, 6) is -0.333. The van der Waals surface area contributed by atoms with Crippen molar-refractivity contribution in [3.05, 3.63) is 65.2 Å². The minimum absolute atomic E-state index is 0.0730. The van der Waals surface area contributed by atoms with Gasteiger partial charge in [-0.1, -0.05) is 43.3 Å². The first-order chi connectivity index (χ1) is 9.20. The van der Waals surface area contributed by atoms with Gasteiger partial charge in [-0.2, -0.15) is 0 Å². The summed E-state index contributed by atoms with van der Waals surface area (Å²) >= 11 is 0. The summed E-state index contributed by atoms with van der Waals surface area (Å²) in [4.78, 5) is 12.0. The van der Waals surface area contributed by atoms with Gasteiger partial charge >= 0.3 is 5.97 Å². The van der Waals surface area contributed by atoms with Crippen LogP contribution in [0.2, 0.25) is 0 Å². The maximum Gasteiger partial charge on any atom is 0.338 e. The number of carbonyl (C=O) groups excluding carboxylic acids is 1. The fraction of sp³-hybridized carbons (Fsp3) is 0.188. The third-order valence-electron chi connectivity index (χ3n) is 2.91. The third kappa shape index (κ3) is 3.35. The molecule has 19 heavy (non-hydrogen) atoms. The number of rotatable bonds is 4. The summed E-state index contributed by atoms with van der Waals surface area (Å²) in [6, 6.07) is 14.3. The van der Waals surface area contributed by atoms with E-state index < -0.39 is 5.97 Å². The molecule has 0 heterocycles. The van der Waals surface area contributed by atoms with Gasteiger partial charge in [0.1, 0.15) is 12.4 Å². The smallest absolute Gasteiger partial charge is 0.338 e. The molecule has 0 unspecified atom stereocenters. The van der Waals surface area contributed by atoms with E-state index in [0.717, 1.165) is 17.5 Å². The van der Waals surface area contributed by atoms with Gasteiger partial charge in [-0.15, -0.1) is 0 Å². The molecule has 0 saturated heterocycles. The molecule has 1 N–H and O–H groups in total. The highest BCUT2D eigenvalue weighted by atomic mass is 16.5. The molecule has 0 amide bonds. The standard InChI is InChI=1S/C16H16O3/c1-2-13-8-9-14(17)10-15(13)16(18)19-11-12-6-4-3-5-7-12/h3-10,17H,2,11H2,1H3. The van der Waals surface area contributed by atoms with E-state index in [2.05, 4.69) is 0 Å². The Labute approximate surface area is 112 Å². The lowest BCUT2D eigenvalue weighted by atomic mass is 10.1. The monoisotopic (exact) mass is 256 g/mol. The number of aromatic hydroxyl groups is 1. The quantitative estimate of drug-likeness (QED) is 0.854. The average molecular weight is 256 g/mol. The third-order valence-corrected chi connectivity index (χ3v) is 2.91. The van der Waals surface area contributed by atoms with E-state index >= 15 is 0 Å². The van der Waals surface area contributed by atoms with E-state index in [1.165, 1.54) is 6.07 Å². The van der Waals surface area contributed by atoms with Crippen molar-refractivity contribution in [2.24, 2.45) is 0 Å². The summed E-state index contributed by atoms with van der Waals surface area (Å²) in [6.45, 7) is 2.19. The number of phenolic OH excluding ortho intramolecular Hbond substituents is 1. The van der Waals surface area contributed by atoms with Crippen molar-refractivity contribution in [3.8, 4) is 5.75 Å². The molecule has 0 bridgehead atoms. The van der Waals surface area contributed by atoms with Gasteiger partial charge in [0, 0.05) is 0 Å². The van der Waals surface area contributed by atoms with E-state index in [1.54, 1.807) is 12.1 Å². The molecule has 0 atom stereocenters. The van der Waals surface area contributed by atoms with Gasteiger partial charge in [0.15, 0.2) is 0 Å². The molecule has 0 aromatic heterocycles. The predicted molar refractivity (Wildman–Crippen MR) is 73.0 cm³/mol. The topological polar surface area (TPSA) is 46.5 Å². The summed E-state index contributed by atoms with van der Waals surface area (Å²) in [6.07, 6.45) is 0.718. The zero-order valence-corrected chi connectivity index (χ0v) is 10.8. The predicted octanol–water partition coefficient (Wildman–Crippen LogP) is 3.31. The Kier molecular flexibility index (Phi) is 4.18. The Hall–Kier alpha value is -2.29. The summed E-state index contributed by atoms with van der Waals surface area (Å²) < 4.78 is 5.26. The molecular weight excluding hydrogens is 240 g/mol. The first kappa shape index (κ1) is 13.1. The summed E-state index contributed by atoms with van der Waals surface area (Å²) in [5, 5.41) is 9.46. The van der Waals surface area contributed by atoms with Crippen molar-refractivity contribution in [1.29, 1.82) is 0 Å². The van der Waals surface area contributed by atoms with Crippen LogP contribution in [0.4, 0.5) is 0 Å². The van der Waals surface area contributed by atoms with Gasteiger partial charge in [-0.05, 0) is 29.7 Å². The number of hydrogen-bond donors (Lipinski definition) is 1. The molecular formula is C16H16O3. The molecule has 2 aromatic carbocycles. The molecule has 0 radical (unpaired) electrons. The highest BCUT2D eigenvalue weighted by Crippen LogP contribution is 2.18. The van der Waals surface area contributed by atoms with Crippen LogP contribution in [0.25, 0.3) is 0 Å². The Balaban J connectivity index is 2.10. The minimum atomic E-state index is -0.406. The SMILES string of the molecule is CCc1ccc(O)cc1C(=O)OCc1ccccc1. The fourth-order valence-electron chi connectivity index (χ4n) is 1.86.